The van der Waals surface area contributed by atoms with E-state index in [-0.39, 0.29) is 18.0 Å². The molecule has 31 heavy (non-hydrogen) atoms. The van der Waals surface area contributed by atoms with Gasteiger partial charge < -0.3 is 5.32 Å². The maximum Gasteiger partial charge on any atom is 0.228 e. The molecule has 0 atom stereocenters. The number of rotatable bonds is 5. The van der Waals surface area contributed by atoms with Crippen LogP contribution in [0.1, 0.15) is 22.8 Å². The second-order valence-corrected chi connectivity index (χ2v) is 7.50. The van der Waals surface area contributed by atoms with Gasteiger partial charge in [-0.05, 0) is 73.7 Å². The first-order valence-electron chi connectivity index (χ1n) is 9.49. The number of hydrogen-bond donors (Lipinski definition) is 1. The molecular weight excluding hydrogens is 421 g/mol. The Morgan fingerprint density at radius 3 is 2.52 bits per heavy atom. The summed E-state index contributed by atoms with van der Waals surface area (Å²) in [7, 11) is 0. The highest BCUT2D eigenvalue weighted by Crippen LogP contribution is 2.22. The number of nitrogens with one attached hydrogen (secondary N) is 1. The molecule has 0 bridgehead atoms. The molecule has 4 aromatic rings. The van der Waals surface area contributed by atoms with Crippen LogP contribution in [0.15, 0.2) is 42.5 Å². The van der Waals surface area contributed by atoms with Gasteiger partial charge in [0, 0.05) is 22.0 Å². The summed E-state index contributed by atoms with van der Waals surface area (Å²) >= 11 is 5.96. The lowest BCUT2D eigenvalue weighted by Gasteiger charge is -2.09. The number of aromatic nitrogens is 6. The summed E-state index contributed by atoms with van der Waals surface area (Å²) in [4.78, 5) is 12.7. The quantitative estimate of drug-likeness (QED) is 0.511. The molecule has 0 aliphatic carbocycles. The average molecular weight is 440 g/mol. The lowest BCUT2D eigenvalue weighted by molar-refractivity contribution is -0.115. The van der Waals surface area contributed by atoms with Crippen molar-refractivity contribution in [1.29, 1.82) is 0 Å². The molecule has 2 heterocycles. The van der Waals surface area contributed by atoms with Crippen LogP contribution in [0.25, 0.3) is 11.4 Å². The lowest BCUT2D eigenvalue weighted by Crippen LogP contribution is -2.16. The van der Waals surface area contributed by atoms with Crippen molar-refractivity contribution >= 4 is 23.2 Å². The highest BCUT2D eigenvalue weighted by molar-refractivity contribution is 6.30. The summed E-state index contributed by atoms with van der Waals surface area (Å²) in [5.41, 5.74) is 3.90. The van der Waals surface area contributed by atoms with Gasteiger partial charge in [-0.1, -0.05) is 11.6 Å². The van der Waals surface area contributed by atoms with Crippen LogP contribution in [-0.2, 0) is 11.2 Å². The van der Waals surface area contributed by atoms with Crippen LogP contribution < -0.4 is 5.32 Å². The molecule has 0 unspecified atom stereocenters. The van der Waals surface area contributed by atoms with Crippen molar-refractivity contribution in [3.05, 3.63) is 76.1 Å². The number of hydrogen-bond acceptors (Lipinski definition) is 5. The molecule has 8 nitrogen and oxygen atoms in total. The van der Waals surface area contributed by atoms with Crippen LogP contribution in [0.2, 0.25) is 5.02 Å². The van der Waals surface area contributed by atoms with E-state index in [1.165, 1.54) is 22.9 Å². The fraction of sp³-hybridized carbons (Fsp3) is 0.190. The largest absolute Gasteiger partial charge is 0.326 e. The minimum atomic E-state index is -0.496. The maximum atomic E-state index is 14.2. The van der Waals surface area contributed by atoms with Crippen LogP contribution in [0.5, 0.6) is 0 Å². The van der Waals surface area contributed by atoms with Gasteiger partial charge in [-0.15, -0.1) is 5.10 Å². The minimum Gasteiger partial charge on any atom is -0.326 e. The topological polar surface area (TPSA) is 90.5 Å². The van der Waals surface area contributed by atoms with Crippen LogP contribution in [0.3, 0.4) is 0 Å². The third-order valence-electron chi connectivity index (χ3n) is 4.93. The van der Waals surface area contributed by atoms with Crippen LogP contribution >= 0.6 is 11.6 Å². The number of benzene rings is 2. The molecule has 10 heteroatoms. The summed E-state index contributed by atoms with van der Waals surface area (Å²) < 4.78 is 17.3. The summed E-state index contributed by atoms with van der Waals surface area (Å²) in [6.45, 7) is 5.43. The Labute approximate surface area is 182 Å². The molecule has 0 saturated heterocycles. The number of amides is 1. The SMILES string of the molecule is Cc1nn(-c2ccc(Cl)cc2)c(C)c1CC(=O)Nc1ccc(F)c(-n2nnnc2C)c1. The van der Waals surface area contributed by atoms with E-state index >= 15 is 0 Å². The van der Waals surface area contributed by atoms with Gasteiger partial charge >= 0.3 is 0 Å². The van der Waals surface area contributed by atoms with Crippen molar-refractivity contribution < 1.29 is 9.18 Å². The third-order valence-corrected chi connectivity index (χ3v) is 5.19. The normalized spacial score (nSPS) is 11.0. The van der Waals surface area contributed by atoms with Crippen molar-refractivity contribution in [1.82, 2.24) is 30.0 Å². The molecule has 2 aromatic carbocycles. The predicted octanol–water partition coefficient (Wildman–Crippen LogP) is 3.75. The Hall–Kier alpha value is -3.59. The number of nitrogens with zero attached hydrogens (tertiary/aromatic N) is 6. The molecule has 0 saturated carbocycles. The minimum absolute atomic E-state index is 0.127. The third kappa shape index (κ3) is 4.17. The van der Waals surface area contributed by atoms with Crippen LogP contribution in [0, 0.1) is 26.6 Å². The molecule has 0 aliphatic rings. The Morgan fingerprint density at radius 1 is 1.10 bits per heavy atom. The van der Waals surface area contributed by atoms with Crippen molar-refractivity contribution in [2.24, 2.45) is 0 Å². The number of carbonyl (C=O) groups is 1. The smallest absolute Gasteiger partial charge is 0.228 e. The summed E-state index contributed by atoms with van der Waals surface area (Å²) in [6.07, 6.45) is 0.127. The standard InChI is InChI=1S/C21H19ClFN7O/c1-12-18(13(2)29(26-12)17-7-4-15(22)5-8-17)11-21(31)24-16-6-9-19(23)20(10-16)30-14(3)25-27-28-30/h4-10H,11H2,1-3H3,(H,24,31). The highest BCUT2D eigenvalue weighted by atomic mass is 35.5. The number of halogens is 2. The lowest BCUT2D eigenvalue weighted by atomic mass is 10.1. The molecule has 4 rings (SSSR count). The van der Waals surface area contributed by atoms with Crippen molar-refractivity contribution in [2.75, 3.05) is 5.32 Å². The van der Waals surface area contributed by atoms with E-state index in [9.17, 15) is 9.18 Å². The maximum absolute atomic E-state index is 14.2. The van der Waals surface area contributed by atoms with E-state index in [2.05, 4.69) is 25.9 Å². The summed E-state index contributed by atoms with van der Waals surface area (Å²) in [5.74, 6) is -0.305. The monoisotopic (exact) mass is 439 g/mol. The van der Waals surface area contributed by atoms with Crippen molar-refractivity contribution in [3.8, 4) is 11.4 Å². The predicted molar refractivity (Wildman–Crippen MR) is 114 cm³/mol. The zero-order valence-corrected chi connectivity index (χ0v) is 17.9. The van der Waals surface area contributed by atoms with E-state index in [4.69, 9.17) is 11.6 Å². The van der Waals surface area contributed by atoms with Gasteiger partial charge in [-0.3, -0.25) is 4.79 Å². The van der Waals surface area contributed by atoms with Gasteiger partial charge in [-0.25, -0.2) is 9.07 Å². The fourth-order valence-corrected chi connectivity index (χ4v) is 3.46. The number of tetrazole rings is 1. The molecule has 0 aliphatic heterocycles. The molecule has 2 aromatic heterocycles. The Kier molecular flexibility index (Phi) is 5.51. The summed E-state index contributed by atoms with van der Waals surface area (Å²) in [5, 5.41) is 19.1. The fourth-order valence-electron chi connectivity index (χ4n) is 3.34. The van der Waals surface area contributed by atoms with E-state index < -0.39 is 5.82 Å². The number of carbonyl (C=O) groups excluding carboxylic acids is 1. The second kappa shape index (κ2) is 8.27. The first-order chi connectivity index (χ1) is 14.8. The second-order valence-electron chi connectivity index (χ2n) is 7.07. The molecular formula is C21H19ClFN7O. The van der Waals surface area contributed by atoms with Crippen molar-refractivity contribution in [2.45, 2.75) is 27.2 Å². The van der Waals surface area contributed by atoms with E-state index in [1.54, 1.807) is 23.7 Å². The van der Waals surface area contributed by atoms with Crippen molar-refractivity contribution in [3.63, 3.8) is 0 Å². The van der Waals surface area contributed by atoms with Crippen LogP contribution in [-0.4, -0.2) is 35.9 Å². The van der Waals surface area contributed by atoms with Gasteiger partial charge in [0.15, 0.2) is 5.82 Å². The molecule has 0 radical (unpaired) electrons. The van der Waals surface area contributed by atoms with E-state index in [1.807, 2.05) is 26.0 Å². The van der Waals surface area contributed by atoms with Crippen LogP contribution in [0.4, 0.5) is 10.1 Å². The summed E-state index contributed by atoms with van der Waals surface area (Å²) in [6, 6.07) is 11.6. The van der Waals surface area contributed by atoms with E-state index in [0.717, 1.165) is 22.6 Å². The molecule has 0 fully saturated rings. The first kappa shape index (κ1) is 20.7. The van der Waals surface area contributed by atoms with Gasteiger partial charge in [0.25, 0.3) is 0 Å². The number of aryl methyl sites for hydroxylation is 2. The first-order valence-corrected chi connectivity index (χ1v) is 9.87. The van der Waals surface area contributed by atoms with Gasteiger partial charge in [0.05, 0.1) is 17.8 Å². The number of anilines is 1. The Bertz CT molecular complexity index is 1260. The highest BCUT2D eigenvalue weighted by Gasteiger charge is 2.17. The van der Waals surface area contributed by atoms with Gasteiger partial charge in [0.2, 0.25) is 5.91 Å². The van der Waals surface area contributed by atoms with Gasteiger partial charge in [-0.2, -0.15) is 9.78 Å². The van der Waals surface area contributed by atoms with E-state index in [0.29, 0.717) is 16.5 Å². The average Bonchev–Trinajstić information content (AvgIpc) is 3.28. The molecule has 1 N–H and O–H groups in total. The molecule has 158 valence electrons. The molecule has 1 amide bonds. The zero-order chi connectivity index (χ0) is 22.1. The Balaban J connectivity index is 1.55. The Morgan fingerprint density at radius 2 is 1.84 bits per heavy atom. The van der Waals surface area contributed by atoms with Gasteiger partial charge in [0.1, 0.15) is 11.5 Å². The molecule has 0 spiro atoms. The zero-order valence-electron chi connectivity index (χ0n) is 17.1.